The molecule has 0 atom stereocenters. The van der Waals surface area contributed by atoms with Crippen molar-refractivity contribution in [1.82, 2.24) is 10.9 Å². The van der Waals surface area contributed by atoms with E-state index in [2.05, 4.69) is 32.1 Å². The van der Waals surface area contributed by atoms with Crippen molar-refractivity contribution in [2.75, 3.05) is 5.32 Å². The zero-order valence-electron chi connectivity index (χ0n) is 14.9. The van der Waals surface area contributed by atoms with Gasteiger partial charge in [-0.25, -0.2) is 0 Å². The molecule has 1 aliphatic carbocycles. The molecule has 27 heavy (non-hydrogen) atoms. The Hall–Kier alpha value is -2.19. The number of anilines is 1. The summed E-state index contributed by atoms with van der Waals surface area (Å²) in [4.78, 5) is 37.7. The number of aryl methyl sites for hydroxylation is 1. The third-order valence-corrected chi connectivity index (χ3v) is 6.24. The molecule has 142 valence electrons. The second-order valence-corrected chi connectivity index (χ2v) is 8.30. The van der Waals surface area contributed by atoms with E-state index in [9.17, 15) is 14.4 Å². The van der Waals surface area contributed by atoms with Gasteiger partial charge < -0.3 is 5.32 Å². The summed E-state index contributed by atoms with van der Waals surface area (Å²) in [6.07, 6.45) is 4.87. The smallest absolute Gasteiger partial charge is 0.272 e. The van der Waals surface area contributed by atoms with E-state index in [0.29, 0.717) is 20.6 Å². The van der Waals surface area contributed by atoms with Crippen LogP contribution in [0.25, 0.3) is 0 Å². The normalized spacial score (nSPS) is 13.3. The van der Waals surface area contributed by atoms with Crippen LogP contribution in [0.15, 0.2) is 28.7 Å². The minimum Gasteiger partial charge on any atom is -0.313 e. The van der Waals surface area contributed by atoms with Crippen LogP contribution in [0.1, 0.15) is 57.3 Å². The van der Waals surface area contributed by atoms with Crippen molar-refractivity contribution in [3.63, 3.8) is 0 Å². The standard InChI is InChI=1S/C19H20BrN3O3S/c1-11(24)22-23-18(26)16-13-8-3-2-4-10-15(13)27-19(16)21-17(25)12-7-5-6-9-14(12)20/h5-7,9H,2-4,8,10H2,1H3,(H,21,25)(H,22,24)(H,23,26). The third-order valence-electron chi connectivity index (χ3n) is 4.35. The first-order valence-corrected chi connectivity index (χ1v) is 10.4. The van der Waals surface area contributed by atoms with Crippen LogP contribution < -0.4 is 16.2 Å². The first-order chi connectivity index (χ1) is 13.0. The molecule has 0 aliphatic heterocycles. The Morgan fingerprint density at radius 2 is 1.74 bits per heavy atom. The van der Waals surface area contributed by atoms with Gasteiger partial charge in [-0.2, -0.15) is 0 Å². The van der Waals surface area contributed by atoms with Gasteiger partial charge in [-0.1, -0.05) is 18.6 Å². The predicted octanol–water partition coefficient (Wildman–Crippen LogP) is 3.81. The number of fused-ring (bicyclic) bond motifs is 1. The van der Waals surface area contributed by atoms with Crippen LogP contribution >= 0.6 is 27.3 Å². The van der Waals surface area contributed by atoms with Gasteiger partial charge in [0.15, 0.2) is 0 Å². The summed E-state index contributed by atoms with van der Waals surface area (Å²) >= 11 is 4.83. The van der Waals surface area contributed by atoms with Crippen molar-refractivity contribution in [1.29, 1.82) is 0 Å². The molecule has 0 unspecified atom stereocenters. The fourth-order valence-electron chi connectivity index (χ4n) is 3.09. The lowest BCUT2D eigenvalue weighted by molar-refractivity contribution is -0.119. The molecule has 0 fully saturated rings. The molecule has 3 N–H and O–H groups in total. The lowest BCUT2D eigenvalue weighted by Crippen LogP contribution is -2.40. The molecule has 3 rings (SSSR count). The van der Waals surface area contributed by atoms with Crippen molar-refractivity contribution in [2.45, 2.75) is 39.0 Å². The highest BCUT2D eigenvalue weighted by Crippen LogP contribution is 2.37. The summed E-state index contributed by atoms with van der Waals surface area (Å²) < 4.78 is 0.685. The number of carbonyl (C=O) groups is 3. The molecule has 6 nitrogen and oxygen atoms in total. The molecule has 0 radical (unpaired) electrons. The minimum absolute atomic E-state index is 0.285. The van der Waals surface area contributed by atoms with E-state index in [1.807, 2.05) is 6.07 Å². The van der Waals surface area contributed by atoms with Crippen LogP contribution in [0.2, 0.25) is 0 Å². The molecule has 0 saturated heterocycles. The fourth-order valence-corrected chi connectivity index (χ4v) is 4.84. The van der Waals surface area contributed by atoms with Crippen LogP contribution in [0.3, 0.4) is 0 Å². The van der Waals surface area contributed by atoms with Crippen molar-refractivity contribution < 1.29 is 14.4 Å². The van der Waals surface area contributed by atoms with E-state index in [0.717, 1.165) is 42.5 Å². The van der Waals surface area contributed by atoms with E-state index < -0.39 is 5.91 Å². The van der Waals surface area contributed by atoms with Crippen molar-refractivity contribution in [3.8, 4) is 0 Å². The van der Waals surface area contributed by atoms with Gasteiger partial charge in [-0.3, -0.25) is 25.2 Å². The van der Waals surface area contributed by atoms with Gasteiger partial charge in [0.25, 0.3) is 11.8 Å². The molecular formula is C19H20BrN3O3S. The second-order valence-electron chi connectivity index (χ2n) is 6.34. The minimum atomic E-state index is -0.410. The topological polar surface area (TPSA) is 87.3 Å². The lowest BCUT2D eigenvalue weighted by Gasteiger charge is -2.10. The molecule has 8 heteroatoms. The molecule has 0 saturated carbocycles. The zero-order valence-corrected chi connectivity index (χ0v) is 17.3. The van der Waals surface area contributed by atoms with Crippen LogP contribution in [0.4, 0.5) is 5.00 Å². The molecule has 1 aliphatic rings. The Balaban J connectivity index is 1.94. The fraction of sp³-hybridized carbons (Fsp3) is 0.316. The van der Waals surface area contributed by atoms with Gasteiger partial charge >= 0.3 is 0 Å². The van der Waals surface area contributed by atoms with Crippen LogP contribution in [0, 0.1) is 0 Å². The highest BCUT2D eigenvalue weighted by Gasteiger charge is 2.26. The highest BCUT2D eigenvalue weighted by molar-refractivity contribution is 9.10. The summed E-state index contributed by atoms with van der Waals surface area (Å²) in [5, 5.41) is 3.41. The molecular weight excluding hydrogens is 430 g/mol. The van der Waals surface area contributed by atoms with E-state index in [1.54, 1.807) is 18.2 Å². The molecule has 1 aromatic heterocycles. The maximum absolute atomic E-state index is 12.7. The van der Waals surface area contributed by atoms with Gasteiger partial charge in [0, 0.05) is 16.3 Å². The summed E-state index contributed by atoms with van der Waals surface area (Å²) in [6, 6.07) is 7.13. The Morgan fingerprint density at radius 3 is 2.48 bits per heavy atom. The van der Waals surface area contributed by atoms with Gasteiger partial charge in [0.05, 0.1) is 11.1 Å². The number of hydrazine groups is 1. The first-order valence-electron chi connectivity index (χ1n) is 8.74. The van der Waals surface area contributed by atoms with Crippen LogP contribution in [0.5, 0.6) is 0 Å². The Morgan fingerprint density at radius 1 is 1.00 bits per heavy atom. The van der Waals surface area contributed by atoms with E-state index >= 15 is 0 Å². The van der Waals surface area contributed by atoms with E-state index in [4.69, 9.17) is 0 Å². The van der Waals surface area contributed by atoms with Crippen molar-refractivity contribution in [3.05, 3.63) is 50.3 Å². The van der Waals surface area contributed by atoms with Crippen molar-refractivity contribution in [2.24, 2.45) is 0 Å². The molecule has 3 amide bonds. The van der Waals surface area contributed by atoms with Gasteiger partial charge in [-0.05, 0) is 59.3 Å². The maximum atomic E-state index is 12.7. The van der Waals surface area contributed by atoms with E-state index in [1.165, 1.54) is 18.3 Å². The number of amides is 3. The first kappa shape index (κ1) is 19.6. The van der Waals surface area contributed by atoms with Gasteiger partial charge in [-0.15, -0.1) is 11.3 Å². The number of hydrogen-bond donors (Lipinski definition) is 3. The highest BCUT2D eigenvalue weighted by atomic mass is 79.9. The number of carbonyl (C=O) groups excluding carboxylic acids is 3. The molecule has 1 heterocycles. The summed E-state index contributed by atoms with van der Waals surface area (Å²) in [5.74, 6) is -1.05. The SMILES string of the molecule is CC(=O)NNC(=O)c1c(NC(=O)c2ccccc2Br)sc2c1CCCCC2. The number of rotatable bonds is 3. The Kier molecular flexibility index (Phi) is 6.28. The number of nitrogens with one attached hydrogen (secondary N) is 3. The molecule has 1 aromatic carbocycles. The summed E-state index contributed by atoms with van der Waals surface area (Å²) in [7, 11) is 0. The van der Waals surface area contributed by atoms with Crippen LogP contribution in [-0.4, -0.2) is 17.7 Å². The van der Waals surface area contributed by atoms with Crippen molar-refractivity contribution >= 4 is 50.0 Å². The largest absolute Gasteiger partial charge is 0.313 e. The average Bonchev–Trinajstić information content (AvgIpc) is 2.81. The predicted molar refractivity (Wildman–Crippen MR) is 109 cm³/mol. The maximum Gasteiger partial charge on any atom is 0.272 e. The quantitative estimate of drug-likeness (QED) is 0.491. The van der Waals surface area contributed by atoms with Crippen LogP contribution in [-0.2, 0) is 17.6 Å². The van der Waals surface area contributed by atoms with Gasteiger partial charge in [0.2, 0.25) is 5.91 Å². The monoisotopic (exact) mass is 449 g/mol. The Bertz CT molecular complexity index is 894. The summed E-state index contributed by atoms with van der Waals surface area (Å²) in [5.41, 5.74) is 6.67. The molecule has 0 bridgehead atoms. The second kappa shape index (κ2) is 8.67. The number of hydrogen-bond acceptors (Lipinski definition) is 4. The third kappa shape index (κ3) is 4.56. The molecule has 2 aromatic rings. The number of halogens is 1. The molecule has 0 spiro atoms. The number of thiophene rings is 1. The lowest BCUT2D eigenvalue weighted by atomic mass is 10.0. The average molecular weight is 450 g/mol. The number of benzene rings is 1. The zero-order chi connectivity index (χ0) is 19.4. The van der Waals surface area contributed by atoms with E-state index in [-0.39, 0.29) is 11.8 Å². The summed E-state index contributed by atoms with van der Waals surface area (Å²) in [6.45, 7) is 1.32. The Labute approximate surface area is 169 Å². The van der Waals surface area contributed by atoms with Gasteiger partial charge in [0.1, 0.15) is 5.00 Å².